The van der Waals surface area contributed by atoms with Crippen molar-refractivity contribution in [2.24, 2.45) is 5.92 Å². The second-order valence-corrected chi connectivity index (χ2v) is 4.76. The Morgan fingerprint density at radius 1 is 1.32 bits per heavy atom. The standard InChI is InChI=1S/C15H22O4/c1-4-18-13-9-5-8-12(15(16)17)14(13)19-10-6-7-11(2)3/h5,8-9,11H,4,6-7,10H2,1-3H3,(H,16,17). The van der Waals surface area contributed by atoms with Crippen LogP contribution in [0.1, 0.15) is 44.0 Å². The molecule has 106 valence electrons. The van der Waals surface area contributed by atoms with Crippen LogP contribution < -0.4 is 9.47 Å². The largest absolute Gasteiger partial charge is 0.490 e. The van der Waals surface area contributed by atoms with E-state index >= 15 is 0 Å². The van der Waals surface area contributed by atoms with Crippen molar-refractivity contribution in [3.05, 3.63) is 23.8 Å². The number of carboxylic acid groups (broad SMARTS) is 1. The summed E-state index contributed by atoms with van der Waals surface area (Å²) in [6.45, 7) is 7.14. The Labute approximate surface area is 114 Å². The number of carbonyl (C=O) groups is 1. The van der Waals surface area contributed by atoms with Crippen LogP contribution in [0.5, 0.6) is 11.5 Å². The van der Waals surface area contributed by atoms with Gasteiger partial charge in [0.2, 0.25) is 0 Å². The van der Waals surface area contributed by atoms with Gasteiger partial charge in [0, 0.05) is 0 Å². The van der Waals surface area contributed by atoms with E-state index in [1.165, 1.54) is 6.07 Å². The number of hydrogen-bond donors (Lipinski definition) is 1. The van der Waals surface area contributed by atoms with Crippen LogP contribution in [0.25, 0.3) is 0 Å². The molecule has 0 heterocycles. The van der Waals surface area contributed by atoms with Crippen LogP contribution in [0.2, 0.25) is 0 Å². The molecular weight excluding hydrogens is 244 g/mol. The summed E-state index contributed by atoms with van der Waals surface area (Å²) in [6.07, 6.45) is 1.95. The van der Waals surface area contributed by atoms with Crippen molar-refractivity contribution in [1.29, 1.82) is 0 Å². The molecule has 1 rings (SSSR count). The lowest BCUT2D eigenvalue weighted by Crippen LogP contribution is -2.07. The minimum atomic E-state index is -1.000. The fourth-order valence-corrected chi connectivity index (χ4v) is 1.77. The molecule has 0 spiro atoms. The van der Waals surface area contributed by atoms with E-state index in [4.69, 9.17) is 14.6 Å². The molecule has 4 heteroatoms. The molecule has 0 aliphatic carbocycles. The van der Waals surface area contributed by atoms with Crippen molar-refractivity contribution in [1.82, 2.24) is 0 Å². The number of carboxylic acids is 1. The zero-order valence-corrected chi connectivity index (χ0v) is 11.8. The van der Waals surface area contributed by atoms with E-state index in [-0.39, 0.29) is 5.56 Å². The quantitative estimate of drug-likeness (QED) is 0.730. The maximum absolute atomic E-state index is 11.2. The van der Waals surface area contributed by atoms with Gasteiger partial charge in [-0.15, -0.1) is 0 Å². The third kappa shape index (κ3) is 4.81. The predicted octanol–water partition coefficient (Wildman–Crippen LogP) is 3.60. The summed E-state index contributed by atoms with van der Waals surface area (Å²) in [5, 5.41) is 9.17. The summed E-state index contributed by atoms with van der Waals surface area (Å²) < 4.78 is 11.0. The Bertz CT molecular complexity index is 413. The second-order valence-electron chi connectivity index (χ2n) is 4.76. The molecule has 0 amide bonds. The summed E-state index contributed by atoms with van der Waals surface area (Å²) >= 11 is 0. The number of hydrogen-bond acceptors (Lipinski definition) is 3. The molecule has 0 aromatic heterocycles. The molecule has 0 bridgehead atoms. The lowest BCUT2D eigenvalue weighted by atomic mass is 10.1. The van der Waals surface area contributed by atoms with E-state index in [0.717, 1.165) is 12.8 Å². The van der Waals surface area contributed by atoms with E-state index in [1.54, 1.807) is 12.1 Å². The molecule has 0 fully saturated rings. The molecule has 0 radical (unpaired) electrons. The summed E-state index contributed by atoms with van der Waals surface area (Å²) in [5.41, 5.74) is 0.149. The minimum Gasteiger partial charge on any atom is -0.490 e. The van der Waals surface area contributed by atoms with Gasteiger partial charge in [-0.25, -0.2) is 4.79 Å². The van der Waals surface area contributed by atoms with Gasteiger partial charge >= 0.3 is 5.97 Å². The topological polar surface area (TPSA) is 55.8 Å². The smallest absolute Gasteiger partial charge is 0.339 e. The Hall–Kier alpha value is -1.71. The molecule has 0 unspecified atom stereocenters. The van der Waals surface area contributed by atoms with Gasteiger partial charge in [-0.1, -0.05) is 19.9 Å². The van der Waals surface area contributed by atoms with E-state index in [2.05, 4.69) is 13.8 Å². The maximum atomic E-state index is 11.2. The van der Waals surface area contributed by atoms with Crippen molar-refractivity contribution in [2.75, 3.05) is 13.2 Å². The van der Waals surface area contributed by atoms with Crippen LogP contribution in [0.4, 0.5) is 0 Å². The van der Waals surface area contributed by atoms with E-state index in [1.807, 2.05) is 6.92 Å². The highest BCUT2D eigenvalue weighted by Gasteiger charge is 2.16. The third-order valence-corrected chi connectivity index (χ3v) is 2.68. The first-order valence-corrected chi connectivity index (χ1v) is 6.68. The van der Waals surface area contributed by atoms with Gasteiger partial charge < -0.3 is 14.6 Å². The highest BCUT2D eigenvalue weighted by atomic mass is 16.5. The number of aromatic carboxylic acids is 1. The molecule has 0 saturated carbocycles. The Morgan fingerprint density at radius 3 is 2.63 bits per heavy atom. The van der Waals surface area contributed by atoms with Gasteiger partial charge in [0.05, 0.1) is 13.2 Å². The molecular formula is C15H22O4. The van der Waals surface area contributed by atoms with Crippen LogP contribution in [-0.4, -0.2) is 24.3 Å². The lowest BCUT2D eigenvalue weighted by molar-refractivity contribution is 0.0691. The van der Waals surface area contributed by atoms with Crippen LogP contribution in [0.15, 0.2) is 18.2 Å². The van der Waals surface area contributed by atoms with Gasteiger partial charge in [-0.3, -0.25) is 0 Å². The van der Waals surface area contributed by atoms with Gasteiger partial charge in [0.1, 0.15) is 5.56 Å². The van der Waals surface area contributed by atoms with Crippen molar-refractivity contribution < 1.29 is 19.4 Å². The number of rotatable bonds is 8. The summed E-state index contributed by atoms with van der Waals surface area (Å²) in [6, 6.07) is 4.92. The van der Waals surface area contributed by atoms with Crippen LogP contribution >= 0.6 is 0 Å². The van der Waals surface area contributed by atoms with Crippen LogP contribution in [0.3, 0.4) is 0 Å². The van der Waals surface area contributed by atoms with Crippen LogP contribution in [0, 0.1) is 5.92 Å². The second kappa shape index (κ2) is 7.67. The van der Waals surface area contributed by atoms with Crippen molar-refractivity contribution in [3.8, 4) is 11.5 Å². The highest BCUT2D eigenvalue weighted by molar-refractivity contribution is 5.92. The Kier molecular flexibility index (Phi) is 6.19. The fourth-order valence-electron chi connectivity index (χ4n) is 1.77. The zero-order chi connectivity index (χ0) is 14.3. The third-order valence-electron chi connectivity index (χ3n) is 2.68. The van der Waals surface area contributed by atoms with Gasteiger partial charge in [0.25, 0.3) is 0 Å². The Balaban J connectivity index is 2.79. The van der Waals surface area contributed by atoms with Crippen molar-refractivity contribution >= 4 is 5.97 Å². The van der Waals surface area contributed by atoms with Gasteiger partial charge in [-0.05, 0) is 37.8 Å². The number of para-hydroxylation sites is 1. The molecule has 0 saturated heterocycles. The number of ether oxygens (including phenoxy) is 2. The normalized spacial score (nSPS) is 10.5. The van der Waals surface area contributed by atoms with E-state index in [9.17, 15) is 4.79 Å². The average Bonchev–Trinajstić information content (AvgIpc) is 2.35. The molecule has 4 nitrogen and oxygen atoms in total. The van der Waals surface area contributed by atoms with Gasteiger partial charge in [0.15, 0.2) is 11.5 Å². The maximum Gasteiger partial charge on any atom is 0.339 e. The summed E-state index contributed by atoms with van der Waals surface area (Å²) in [7, 11) is 0. The molecule has 0 aliphatic rings. The fraction of sp³-hybridized carbons (Fsp3) is 0.533. The minimum absolute atomic E-state index is 0.149. The average molecular weight is 266 g/mol. The molecule has 1 N–H and O–H groups in total. The molecule has 0 atom stereocenters. The van der Waals surface area contributed by atoms with Crippen molar-refractivity contribution in [2.45, 2.75) is 33.6 Å². The first kappa shape index (κ1) is 15.3. The molecule has 0 aliphatic heterocycles. The van der Waals surface area contributed by atoms with E-state index in [0.29, 0.717) is 30.6 Å². The predicted molar refractivity (Wildman–Crippen MR) is 74.1 cm³/mol. The van der Waals surface area contributed by atoms with E-state index < -0.39 is 5.97 Å². The zero-order valence-electron chi connectivity index (χ0n) is 11.8. The SMILES string of the molecule is CCOc1cccc(C(=O)O)c1OCCCC(C)C. The van der Waals surface area contributed by atoms with Crippen molar-refractivity contribution in [3.63, 3.8) is 0 Å². The lowest BCUT2D eigenvalue weighted by Gasteiger charge is -2.14. The highest BCUT2D eigenvalue weighted by Crippen LogP contribution is 2.31. The molecule has 19 heavy (non-hydrogen) atoms. The Morgan fingerprint density at radius 2 is 2.05 bits per heavy atom. The molecule has 1 aromatic carbocycles. The first-order valence-electron chi connectivity index (χ1n) is 6.68. The monoisotopic (exact) mass is 266 g/mol. The van der Waals surface area contributed by atoms with Gasteiger partial charge in [-0.2, -0.15) is 0 Å². The number of benzene rings is 1. The first-order chi connectivity index (χ1) is 9.06. The van der Waals surface area contributed by atoms with Crippen LogP contribution in [-0.2, 0) is 0 Å². The molecule has 1 aromatic rings. The summed E-state index contributed by atoms with van der Waals surface area (Å²) in [4.78, 5) is 11.2. The summed E-state index contributed by atoms with van der Waals surface area (Å²) in [5.74, 6) is 0.442.